The van der Waals surface area contributed by atoms with Crippen molar-refractivity contribution in [3.63, 3.8) is 0 Å². The zero-order valence-electron chi connectivity index (χ0n) is 34.0. The number of H-pyrrole nitrogens is 2. The molecule has 20 nitrogen and oxygen atoms in total. The van der Waals surface area contributed by atoms with E-state index in [1.807, 2.05) is 30.3 Å². The van der Waals surface area contributed by atoms with Crippen molar-refractivity contribution in [2.75, 3.05) is 65.5 Å². The Labute approximate surface area is 350 Å². The number of carbonyl (C=O) groups is 4. The second kappa shape index (κ2) is 17.7. The van der Waals surface area contributed by atoms with Gasteiger partial charge in [0.05, 0.1) is 25.6 Å². The van der Waals surface area contributed by atoms with Gasteiger partial charge in [0.25, 0.3) is 11.8 Å². The molecular weight excluding hydrogens is 789 g/mol. The number of carbonyl (C=O) groups excluding carboxylic acids is 4. The molecule has 3 aliphatic heterocycles. The van der Waals surface area contributed by atoms with Gasteiger partial charge in [0.15, 0.2) is 11.4 Å². The van der Waals surface area contributed by atoms with Crippen LogP contribution >= 0.6 is 0 Å². The molecule has 3 aliphatic rings. The molecule has 1 unspecified atom stereocenters. The molecular formula is C41H46N12O8. The summed E-state index contributed by atoms with van der Waals surface area (Å²) in [5, 5.41) is 30.9. The smallest absolute Gasteiger partial charge is 0.410 e. The van der Waals surface area contributed by atoms with Crippen LogP contribution < -0.4 is 11.5 Å². The Bertz CT molecular complexity index is 2500. The van der Waals surface area contributed by atoms with E-state index in [2.05, 4.69) is 20.4 Å². The van der Waals surface area contributed by atoms with Gasteiger partial charge in [-0.1, -0.05) is 54.6 Å². The maximum atomic E-state index is 13.7. The number of nitrogens with one attached hydrogen (secondary N) is 4. The standard InChI is InChI=1S/C41H46N12O8/c42-36(43)25-8-4-10-27-31(25)33(48-46-27)38(54)50-13-17-52(18-14-50)40(56)60-23-30-35(59-22-24-6-2-1-3-7-24)29(12-21-58-30)61-41(57)53-19-15-51(16-20-53)39(55)34-32-26(37(44)45)9-5-11-28(32)47-49-34/h1-11,29-30,35H,12-23H2,(H3,42,43)(H3,44,45)(H,46,48)(H,47,49)/t29-,30-,35+/m1/s1/i21D/t21?,29-,30-,35+. The number of aromatic nitrogens is 4. The topological polar surface area (TPSA) is 275 Å². The molecule has 8 N–H and O–H groups in total. The minimum absolute atomic E-state index is 0.00596. The van der Waals surface area contributed by atoms with Gasteiger partial charge in [0, 0.05) is 80.7 Å². The molecule has 3 fully saturated rings. The number of benzene rings is 3. The van der Waals surface area contributed by atoms with E-state index in [0.717, 1.165) is 5.56 Å². The number of nitrogens with zero attached hydrogens (tertiary/aromatic N) is 6. The van der Waals surface area contributed by atoms with E-state index in [-0.39, 0.29) is 107 Å². The third kappa shape index (κ3) is 8.53. The lowest BCUT2D eigenvalue weighted by molar-refractivity contribution is -0.178. The number of piperazine rings is 2. The quantitative estimate of drug-likeness (QED) is 0.0873. The van der Waals surface area contributed by atoms with Crippen LogP contribution in [0, 0.1) is 10.8 Å². The van der Waals surface area contributed by atoms with Crippen molar-refractivity contribution in [3.05, 3.63) is 94.8 Å². The number of hydrogen-bond acceptors (Lipinski definition) is 12. The van der Waals surface area contributed by atoms with Crippen LogP contribution in [0.15, 0.2) is 66.7 Å². The summed E-state index contributed by atoms with van der Waals surface area (Å²) < 4.78 is 32.6. The largest absolute Gasteiger partial charge is 0.447 e. The Morgan fingerprint density at radius 3 is 1.75 bits per heavy atom. The SMILES string of the molecule is [2H]C1C[C@@H](OC(=O)N2CCN(C(=O)c3n[nH]c4cccc(C(=N)N)c34)CC2)[C@H](OCc2ccccc2)[C@@H](COC(=O)N2CCN(C(=O)c3n[nH]c4cccc(C(=N)N)c34)CC2)O1. The Morgan fingerprint density at radius 2 is 1.23 bits per heavy atom. The number of nitrogen functional groups attached to an aromatic ring is 2. The van der Waals surface area contributed by atoms with Crippen LogP contribution in [0.1, 0.15) is 45.5 Å². The number of aromatic amines is 2. The first-order chi connectivity index (χ1) is 30.0. The molecule has 4 amide bonds. The highest BCUT2D eigenvalue weighted by Crippen LogP contribution is 2.27. The number of amides is 4. The Kier molecular flexibility index (Phi) is 11.4. The van der Waals surface area contributed by atoms with E-state index in [1.54, 1.807) is 46.2 Å². The fraction of sp³-hybridized carbons (Fsp3) is 0.366. The van der Waals surface area contributed by atoms with Gasteiger partial charge in [-0.25, -0.2) is 9.59 Å². The fourth-order valence-electron chi connectivity index (χ4n) is 7.79. The molecule has 5 aromatic rings. The molecule has 318 valence electrons. The summed E-state index contributed by atoms with van der Waals surface area (Å²) in [6.45, 7) is 0.133. The second-order valence-electron chi connectivity index (χ2n) is 14.8. The lowest BCUT2D eigenvalue weighted by Gasteiger charge is -2.39. The van der Waals surface area contributed by atoms with Gasteiger partial charge < -0.3 is 50.0 Å². The Hall–Kier alpha value is -7.06. The second-order valence-corrected chi connectivity index (χ2v) is 14.8. The zero-order chi connectivity index (χ0) is 43.5. The molecule has 3 aromatic carbocycles. The fourth-order valence-corrected chi connectivity index (χ4v) is 7.79. The summed E-state index contributed by atoms with van der Waals surface area (Å²) in [5.74, 6) is -1.11. The van der Waals surface area contributed by atoms with Gasteiger partial charge in [-0.3, -0.25) is 30.6 Å². The average Bonchev–Trinajstić information content (AvgIpc) is 3.93. The monoisotopic (exact) mass is 835 g/mol. The highest BCUT2D eigenvalue weighted by atomic mass is 16.6. The summed E-state index contributed by atoms with van der Waals surface area (Å²) in [7, 11) is 0. The Morgan fingerprint density at radius 1 is 0.721 bits per heavy atom. The maximum Gasteiger partial charge on any atom is 0.410 e. The van der Waals surface area contributed by atoms with Crippen molar-refractivity contribution in [1.29, 1.82) is 10.8 Å². The first kappa shape index (κ1) is 39.4. The predicted octanol–water partition coefficient (Wildman–Crippen LogP) is 2.24. The third-order valence-electron chi connectivity index (χ3n) is 11.1. The zero-order valence-corrected chi connectivity index (χ0v) is 33.0. The maximum absolute atomic E-state index is 13.7. The molecule has 61 heavy (non-hydrogen) atoms. The summed E-state index contributed by atoms with van der Waals surface area (Å²) in [6, 6.07) is 19.6. The number of amidine groups is 2. The molecule has 8 rings (SSSR count). The van der Waals surface area contributed by atoms with Gasteiger partial charge in [-0.05, 0) is 17.7 Å². The molecule has 0 saturated carbocycles. The van der Waals surface area contributed by atoms with E-state index < -0.39 is 37.1 Å². The van der Waals surface area contributed by atoms with Gasteiger partial charge in [0.2, 0.25) is 0 Å². The van der Waals surface area contributed by atoms with Gasteiger partial charge in [-0.15, -0.1) is 0 Å². The van der Waals surface area contributed by atoms with Crippen LogP contribution in [0.25, 0.3) is 21.8 Å². The van der Waals surface area contributed by atoms with Crippen molar-refractivity contribution in [1.82, 2.24) is 40.0 Å². The average molecular weight is 836 g/mol. The van der Waals surface area contributed by atoms with Crippen LogP contribution in [-0.4, -0.2) is 160 Å². The number of nitrogens with two attached hydrogens (primary N) is 2. The minimum atomic E-state index is -1.12. The highest BCUT2D eigenvalue weighted by Gasteiger charge is 2.40. The molecule has 0 spiro atoms. The van der Waals surface area contributed by atoms with Crippen LogP contribution in [-0.2, 0) is 25.6 Å². The molecule has 5 heterocycles. The van der Waals surface area contributed by atoms with E-state index >= 15 is 0 Å². The van der Waals surface area contributed by atoms with E-state index in [9.17, 15) is 19.2 Å². The van der Waals surface area contributed by atoms with Crippen LogP contribution in [0.4, 0.5) is 9.59 Å². The lowest BCUT2D eigenvalue weighted by atomic mass is 10.0. The summed E-state index contributed by atoms with van der Waals surface area (Å²) in [6.07, 6.45) is -4.15. The first-order valence-corrected chi connectivity index (χ1v) is 19.8. The minimum Gasteiger partial charge on any atom is -0.447 e. The van der Waals surface area contributed by atoms with Crippen molar-refractivity contribution >= 4 is 57.5 Å². The summed E-state index contributed by atoms with van der Waals surface area (Å²) >= 11 is 0. The van der Waals surface area contributed by atoms with E-state index in [1.165, 1.54) is 9.80 Å². The number of rotatable bonds is 10. The first-order valence-electron chi connectivity index (χ1n) is 20.4. The van der Waals surface area contributed by atoms with Gasteiger partial charge in [0.1, 0.15) is 36.6 Å². The normalized spacial score (nSPS) is 21.0. The summed E-state index contributed by atoms with van der Waals surface area (Å²) in [4.78, 5) is 60.3. The highest BCUT2D eigenvalue weighted by molar-refractivity contribution is 6.15. The van der Waals surface area contributed by atoms with E-state index in [4.69, 9.17) is 42.6 Å². The predicted molar refractivity (Wildman–Crippen MR) is 220 cm³/mol. The molecule has 4 atom stereocenters. The summed E-state index contributed by atoms with van der Waals surface area (Å²) in [5.41, 5.74) is 14.6. The molecule has 20 heteroatoms. The van der Waals surface area contributed by atoms with Gasteiger partial charge >= 0.3 is 12.2 Å². The molecule has 0 bridgehead atoms. The molecule has 0 aliphatic carbocycles. The Balaban J connectivity index is 0.884. The van der Waals surface area contributed by atoms with Gasteiger partial charge in [-0.2, -0.15) is 10.2 Å². The molecule has 2 aromatic heterocycles. The third-order valence-corrected chi connectivity index (χ3v) is 11.1. The van der Waals surface area contributed by atoms with E-state index in [0.29, 0.717) is 32.9 Å². The van der Waals surface area contributed by atoms with Crippen LogP contribution in [0.3, 0.4) is 0 Å². The lowest BCUT2D eigenvalue weighted by Crippen LogP contribution is -2.55. The van der Waals surface area contributed by atoms with Crippen molar-refractivity contribution < 1.29 is 39.5 Å². The molecule has 3 saturated heterocycles. The van der Waals surface area contributed by atoms with Crippen LogP contribution in [0.2, 0.25) is 0 Å². The van der Waals surface area contributed by atoms with Crippen molar-refractivity contribution in [3.8, 4) is 0 Å². The van der Waals surface area contributed by atoms with Crippen molar-refractivity contribution in [2.45, 2.75) is 31.3 Å². The number of ether oxygens (including phenoxy) is 4. The van der Waals surface area contributed by atoms with Crippen molar-refractivity contribution in [2.24, 2.45) is 11.5 Å². The number of hydrogen-bond donors (Lipinski definition) is 6. The number of fused-ring (bicyclic) bond motifs is 2. The van der Waals surface area contributed by atoms with Crippen LogP contribution in [0.5, 0.6) is 0 Å². The molecule has 0 radical (unpaired) electrons.